The number of nitrogens with two attached hydrogens (primary N) is 1. The van der Waals surface area contributed by atoms with Crippen molar-refractivity contribution in [3.8, 4) is 0 Å². The number of ether oxygens (including phenoxy) is 1. The Labute approximate surface area is 64.7 Å². The van der Waals surface area contributed by atoms with E-state index in [0.29, 0.717) is 31.1 Å². The molecule has 0 radical (unpaired) electrons. The fraction of sp³-hybridized carbons (Fsp3) is 0.833. The molecule has 0 saturated carbocycles. The summed E-state index contributed by atoms with van der Waals surface area (Å²) in [4.78, 5) is 10.5. The van der Waals surface area contributed by atoms with E-state index in [2.05, 4.69) is 0 Å². The standard InChI is InChI=1S/C6H12N2O3/c7-6(9)8(10)5-1-3-11-4-2-5/h5,10H,1-4H2,(H2,7,9). The molecule has 0 aliphatic carbocycles. The Kier molecular flexibility index (Phi) is 2.67. The maximum absolute atomic E-state index is 10.5. The van der Waals surface area contributed by atoms with E-state index in [-0.39, 0.29) is 6.04 Å². The highest BCUT2D eigenvalue weighted by molar-refractivity contribution is 5.70. The third kappa shape index (κ3) is 2.06. The van der Waals surface area contributed by atoms with Gasteiger partial charge in [0.1, 0.15) is 0 Å². The van der Waals surface area contributed by atoms with E-state index in [4.69, 9.17) is 15.7 Å². The quantitative estimate of drug-likeness (QED) is 0.416. The fourth-order valence-corrected chi connectivity index (χ4v) is 1.11. The minimum atomic E-state index is -0.795. The SMILES string of the molecule is NC(=O)N(O)C1CCOCC1. The van der Waals surface area contributed by atoms with E-state index in [1.165, 1.54) is 0 Å². The third-order valence-electron chi connectivity index (χ3n) is 1.76. The number of carbonyl (C=O) groups is 1. The molecular formula is C6H12N2O3. The molecule has 1 fully saturated rings. The minimum absolute atomic E-state index is 0.166. The molecule has 2 amide bonds. The predicted octanol–water partition coefficient (Wildman–Crippen LogP) is -0.0647. The zero-order valence-corrected chi connectivity index (χ0v) is 6.19. The number of hydrogen-bond acceptors (Lipinski definition) is 3. The molecule has 3 N–H and O–H groups in total. The first-order valence-electron chi connectivity index (χ1n) is 3.57. The van der Waals surface area contributed by atoms with Crippen molar-refractivity contribution < 1.29 is 14.7 Å². The number of rotatable bonds is 1. The number of hydroxylamine groups is 2. The van der Waals surface area contributed by atoms with Crippen LogP contribution in [0.25, 0.3) is 0 Å². The molecule has 0 unspecified atom stereocenters. The first-order chi connectivity index (χ1) is 5.22. The predicted molar refractivity (Wildman–Crippen MR) is 37.0 cm³/mol. The Morgan fingerprint density at radius 1 is 1.55 bits per heavy atom. The first-order valence-corrected chi connectivity index (χ1v) is 3.57. The summed E-state index contributed by atoms with van der Waals surface area (Å²) >= 11 is 0. The highest BCUT2D eigenvalue weighted by Crippen LogP contribution is 2.11. The smallest absolute Gasteiger partial charge is 0.338 e. The van der Waals surface area contributed by atoms with Crippen LogP contribution in [0.15, 0.2) is 0 Å². The topological polar surface area (TPSA) is 75.8 Å². The van der Waals surface area contributed by atoms with Crippen molar-refractivity contribution in [2.24, 2.45) is 5.73 Å². The van der Waals surface area contributed by atoms with Crippen LogP contribution in [0.1, 0.15) is 12.8 Å². The summed E-state index contributed by atoms with van der Waals surface area (Å²) in [5, 5.41) is 9.64. The summed E-state index contributed by atoms with van der Waals surface area (Å²) in [6.45, 7) is 1.16. The number of amides is 2. The Hall–Kier alpha value is -0.810. The normalized spacial score (nSPS) is 19.7. The zero-order chi connectivity index (χ0) is 8.27. The molecule has 1 heterocycles. The molecule has 1 rings (SSSR count). The molecule has 0 bridgehead atoms. The molecule has 1 aliphatic heterocycles. The molecule has 1 saturated heterocycles. The van der Waals surface area contributed by atoms with Gasteiger partial charge in [-0.05, 0) is 12.8 Å². The molecule has 0 atom stereocenters. The summed E-state index contributed by atoms with van der Waals surface area (Å²) < 4.78 is 5.04. The second kappa shape index (κ2) is 3.54. The van der Waals surface area contributed by atoms with Gasteiger partial charge in [-0.1, -0.05) is 0 Å². The molecule has 0 aromatic heterocycles. The van der Waals surface area contributed by atoms with E-state index in [1.807, 2.05) is 0 Å². The highest BCUT2D eigenvalue weighted by Gasteiger charge is 2.22. The summed E-state index contributed by atoms with van der Waals surface area (Å²) in [6.07, 6.45) is 1.30. The van der Waals surface area contributed by atoms with Gasteiger partial charge in [-0.3, -0.25) is 5.21 Å². The average Bonchev–Trinajstić information content (AvgIpc) is 2.05. The minimum Gasteiger partial charge on any atom is -0.381 e. The maximum Gasteiger partial charge on any atom is 0.338 e. The number of nitrogens with zero attached hydrogens (tertiary/aromatic N) is 1. The number of urea groups is 1. The number of carbonyl (C=O) groups excluding carboxylic acids is 1. The van der Waals surface area contributed by atoms with Crippen molar-refractivity contribution >= 4 is 6.03 Å². The van der Waals surface area contributed by atoms with Crippen LogP contribution in [-0.4, -0.2) is 35.6 Å². The second-order valence-electron chi connectivity index (χ2n) is 2.53. The average molecular weight is 160 g/mol. The molecule has 0 aromatic rings. The zero-order valence-electron chi connectivity index (χ0n) is 6.19. The van der Waals surface area contributed by atoms with Gasteiger partial charge in [0.2, 0.25) is 0 Å². The van der Waals surface area contributed by atoms with Gasteiger partial charge in [-0.2, -0.15) is 0 Å². The van der Waals surface area contributed by atoms with Crippen LogP contribution < -0.4 is 5.73 Å². The number of primary amides is 1. The van der Waals surface area contributed by atoms with Crippen LogP contribution in [0.3, 0.4) is 0 Å². The Balaban J connectivity index is 2.38. The van der Waals surface area contributed by atoms with E-state index in [0.717, 1.165) is 0 Å². The summed E-state index contributed by atoms with van der Waals surface area (Å²) in [5.74, 6) is 0. The van der Waals surface area contributed by atoms with Gasteiger partial charge in [-0.15, -0.1) is 0 Å². The van der Waals surface area contributed by atoms with Crippen LogP contribution in [0, 0.1) is 0 Å². The summed E-state index contributed by atoms with van der Waals surface area (Å²) in [7, 11) is 0. The molecule has 64 valence electrons. The van der Waals surface area contributed by atoms with E-state index < -0.39 is 6.03 Å². The lowest BCUT2D eigenvalue weighted by molar-refractivity contribution is -0.102. The summed E-state index contributed by atoms with van der Waals surface area (Å²) in [6, 6.07) is -0.960. The van der Waals surface area contributed by atoms with Crippen molar-refractivity contribution in [2.75, 3.05) is 13.2 Å². The second-order valence-corrected chi connectivity index (χ2v) is 2.53. The van der Waals surface area contributed by atoms with Crippen LogP contribution in [0.2, 0.25) is 0 Å². The summed E-state index contributed by atoms with van der Waals surface area (Å²) in [5.41, 5.74) is 4.86. The van der Waals surface area contributed by atoms with Crippen molar-refractivity contribution in [1.82, 2.24) is 5.06 Å². The van der Waals surface area contributed by atoms with Gasteiger partial charge < -0.3 is 10.5 Å². The molecule has 0 spiro atoms. The van der Waals surface area contributed by atoms with Crippen molar-refractivity contribution in [3.05, 3.63) is 0 Å². The highest BCUT2D eigenvalue weighted by atomic mass is 16.5. The van der Waals surface area contributed by atoms with Gasteiger partial charge in [0.05, 0.1) is 6.04 Å². The first kappa shape index (κ1) is 8.29. The van der Waals surface area contributed by atoms with Crippen LogP contribution in [0.5, 0.6) is 0 Å². The molecular weight excluding hydrogens is 148 g/mol. The lowest BCUT2D eigenvalue weighted by atomic mass is 10.1. The van der Waals surface area contributed by atoms with Gasteiger partial charge in [0.15, 0.2) is 0 Å². The maximum atomic E-state index is 10.5. The van der Waals surface area contributed by atoms with Crippen LogP contribution in [-0.2, 0) is 4.74 Å². The number of hydrogen-bond donors (Lipinski definition) is 2. The molecule has 11 heavy (non-hydrogen) atoms. The van der Waals surface area contributed by atoms with Gasteiger partial charge in [-0.25, -0.2) is 9.86 Å². The van der Waals surface area contributed by atoms with Gasteiger partial charge in [0.25, 0.3) is 0 Å². The molecule has 5 nitrogen and oxygen atoms in total. The third-order valence-corrected chi connectivity index (χ3v) is 1.76. The lowest BCUT2D eigenvalue weighted by Gasteiger charge is -2.27. The monoisotopic (exact) mass is 160 g/mol. The Bertz CT molecular complexity index is 145. The van der Waals surface area contributed by atoms with Crippen molar-refractivity contribution in [1.29, 1.82) is 0 Å². The van der Waals surface area contributed by atoms with E-state index in [9.17, 15) is 4.79 Å². The van der Waals surface area contributed by atoms with Crippen LogP contribution in [0.4, 0.5) is 4.79 Å². The Morgan fingerprint density at radius 3 is 2.55 bits per heavy atom. The van der Waals surface area contributed by atoms with Gasteiger partial charge in [0, 0.05) is 13.2 Å². The molecule has 5 heteroatoms. The van der Waals surface area contributed by atoms with Gasteiger partial charge >= 0.3 is 6.03 Å². The molecule has 1 aliphatic rings. The van der Waals surface area contributed by atoms with E-state index in [1.54, 1.807) is 0 Å². The van der Waals surface area contributed by atoms with E-state index >= 15 is 0 Å². The largest absolute Gasteiger partial charge is 0.381 e. The van der Waals surface area contributed by atoms with Crippen molar-refractivity contribution in [2.45, 2.75) is 18.9 Å². The molecule has 0 aromatic carbocycles. The van der Waals surface area contributed by atoms with Crippen molar-refractivity contribution in [3.63, 3.8) is 0 Å². The lowest BCUT2D eigenvalue weighted by Crippen LogP contribution is -2.43. The Morgan fingerprint density at radius 2 is 2.09 bits per heavy atom. The fourth-order valence-electron chi connectivity index (χ4n) is 1.11. The van der Waals surface area contributed by atoms with Crippen LogP contribution >= 0.6 is 0 Å².